The van der Waals surface area contributed by atoms with Crippen LogP contribution in [0.4, 0.5) is 0 Å². The molecule has 3 radical (unpaired) electrons. The van der Waals surface area contributed by atoms with Gasteiger partial charge < -0.3 is 9.84 Å². The molecule has 0 aliphatic carbocycles. The third-order valence-corrected chi connectivity index (χ3v) is 3.36. The van der Waals surface area contributed by atoms with E-state index in [0.29, 0.717) is 5.56 Å². The van der Waals surface area contributed by atoms with Crippen LogP contribution >= 0.6 is 0 Å². The van der Waals surface area contributed by atoms with Crippen LogP contribution in [0.1, 0.15) is 43.6 Å². The Kier molecular flexibility index (Phi) is 4.35. The lowest BCUT2D eigenvalue weighted by molar-refractivity contribution is -0.165. The average Bonchev–Trinajstić information content (AvgIpc) is 2.23. The van der Waals surface area contributed by atoms with Crippen LogP contribution in [0.15, 0.2) is 12.1 Å². The van der Waals surface area contributed by atoms with E-state index in [1.165, 1.54) is 0 Å². The molecule has 0 heterocycles. The third kappa shape index (κ3) is 3.43. The molecule has 0 fully saturated rings. The summed E-state index contributed by atoms with van der Waals surface area (Å²) in [7, 11) is 3.47. The van der Waals surface area contributed by atoms with E-state index >= 15 is 0 Å². The molecule has 1 N–H and O–H groups in total. The number of carbonyl (C=O) groups excluding carboxylic acids is 1. The summed E-state index contributed by atoms with van der Waals surface area (Å²) < 4.78 is 5.17. The zero-order valence-corrected chi connectivity index (χ0v) is 12.5. The van der Waals surface area contributed by atoms with Crippen molar-refractivity contribution in [3.63, 3.8) is 0 Å². The van der Waals surface area contributed by atoms with E-state index in [4.69, 9.17) is 4.74 Å². The summed E-state index contributed by atoms with van der Waals surface area (Å²) in [5.74, 6) is -0.634. The maximum Gasteiger partial charge on any atom is 0.340 e. The minimum Gasteiger partial charge on any atom is -0.458 e. The molecule has 4 heteroatoms. The summed E-state index contributed by atoms with van der Waals surface area (Å²) in [4.78, 5) is 11.8. The molecule has 1 aromatic carbocycles. The summed E-state index contributed by atoms with van der Waals surface area (Å²) in [6, 6.07) is 3.61. The van der Waals surface area contributed by atoms with Crippen molar-refractivity contribution in [3.8, 4) is 0 Å². The summed E-state index contributed by atoms with van der Waals surface area (Å²) in [6.45, 7) is 9.22. The number of ether oxygens (including phenoxy) is 1. The summed E-state index contributed by atoms with van der Waals surface area (Å²) >= 11 is 0. The highest BCUT2D eigenvalue weighted by Crippen LogP contribution is 2.18. The van der Waals surface area contributed by atoms with E-state index < -0.39 is 17.7 Å². The van der Waals surface area contributed by atoms with E-state index in [2.05, 4.69) is 10.2 Å². The van der Waals surface area contributed by atoms with Crippen LogP contribution in [-0.4, -0.2) is 26.9 Å². The molecule has 0 spiro atoms. The van der Waals surface area contributed by atoms with Gasteiger partial charge in [-0.15, -0.1) is 0 Å². The van der Waals surface area contributed by atoms with Crippen LogP contribution in [0.3, 0.4) is 0 Å². The minimum absolute atomic E-state index is 0.531. The van der Waals surface area contributed by atoms with Crippen molar-refractivity contribution in [1.29, 1.82) is 0 Å². The lowest BCUT2D eigenvalue weighted by Crippen LogP contribution is -2.30. The molecule has 18 heavy (non-hydrogen) atoms. The Morgan fingerprint density at radius 2 is 1.89 bits per heavy atom. The van der Waals surface area contributed by atoms with Crippen LogP contribution < -0.4 is 5.19 Å². The first-order valence-corrected chi connectivity index (χ1v) is 6.36. The fourth-order valence-corrected chi connectivity index (χ4v) is 1.97. The highest BCUT2D eigenvalue weighted by Gasteiger charge is 2.26. The van der Waals surface area contributed by atoms with Crippen molar-refractivity contribution < 1.29 is 14.6 Å². The predicted octanol–water partition coefficient (Wildman–Crippen LogP) is 1.47. The first-order valence-electron chi connectivity index (χ1n) is 5.86. The topological polar surface area (TPSA) is 46.5 Å². The zero-order valence-electron chi connectivity index (χ0n) is 11.5. The maximum absolute atomic E-state index is 11.8. The normalized spacial score (nSPS) is 13.3. The fourth-order valence-electron chi connectivity index (χ4n) is 1.55. The van der Waals surface area contributed by atoms with Gasteiger partial charge in [-0.1, -0.05) is 17.3 Å². The molecular formula is C14H19O3Si. The molecule has 3 nitrogen and oxygen atoms in total. The molecule has 0 aliphatic rings. The van der Waals surface area contributed by atoms with E-state index in [0.717, 1.165) is 16.3 Å². The van der Waals surface area contributed by atoms with Gasteiger partial charge in [-0.05, 0) is 51.3 Å². The first-order chi connectivity index (χ1) is 8.13. The van der Waals surface area contributed by atoms with Crippen molar-refractivity contribution in [2.24, 2.45) is 0 Å². The Morgan fingerprint density at radius 3 is 2.39 bits per heavy atom. The van der Waals surface area contributed by atoms with Gasteiger partial charge in [0.05, 0.1) is 10.2 Å². The maximum atomic E-state index is 11.8. The van der Waals surface area contributed by atoms with Crippen LogP contribution in [0.5, 0.6) is 0 Å². The number of aryl methyl sites for hydroxylation is 1. The molecular weight excluding hydrogens is 244 g/mol. The van der Waals surface area contributed by atoms with Crippen molar-refractivity contribution in [1.82, 2.24) is 0 Å². The molecule has 0 amide bonds. The molecule has 1 rings (SSSR count). The second-order valence-electron chi connectivity index (χ2n) is 5.41. The molecule has 1 aromatic rings. The molecule has 97 valence electrons. The number of aliphatic hydroxyl groups excluding tert-OH is 1. The predicted molar refractivity (Wildman–Crippen MR) is 72.1 cm³/mol. The van der Waals surface area contributed by atoms with Crippen LogP contribution in [-0.2, 0) is 9.53 Å². The summed E-state index contributed by atoms with van der Waals surface area (Å²) in [5.41, 5.74) is 2.03. The Labute approximate surface area is 112 Å². The summed E-state index contributed by atoms with van der Waals surface area (Å²) in [5, 5.41) is 10.8. The van der Waals surface area contributed by atoms with Crippen LogP contribution in [0.25, 0.3) is 0 Å². The molecule has 0 aromatic heterocycles. The minimum atomic E-state index is -1.27. The lowest BCUT2D eigenvalue weighted by Gasteiger charge is -2.23. The Hall–Kier alpha value is -1.13. The van der Waals surface area contributed by atoms with Gasteiger partial charge in [0.25, 0.3) is 0 Å². The molecule has 0 saturated carbocycles. The number of benzene rings is 1. The average molecular weight is 263 g/mol. The fraction of sp³-hybridized carbons (Fsp3) is 0.500. The standard InChI is InChI=1S/C14H19O3Si/c1-8-6-7-10(12(18)9(8)2)11(15)13(16)17-14(3,4)5/h6-7,11,15H,1-5H3. The molecule has 0 bridgehead atoms. The second kappa shape index (κ2) is 5.24. The van der Waals surface area contributed by atoms with Crippen LogP contribution in [0.2, 0.25) is 0 Å². The van der Waals surface area contributed by atoms with Gasteiger partial charge in [-0.25, -0.2) is 4.79 Å². The van der Waals surface area contributed by atoms with Gasteiger partial charge >= 0.3 is 5.97 Å². The van der Waals surface area contributed by atoms with Gasteiger partial charge in [0.15, 0.2) is 6.10 Å². The monoisotopic (exact) mass is 263 g/mol. The van der Waals surface area contributed by atoms with Gasteiger partial charge in [-0.2, -0.15) is 0 Å². The van der Waals surface area contributed by atoms with Crippen molar-refractivity contribution >= 4 is 21.4 Å². The number of carbonyl (C=O) groups is 1. The number of hydrogen-bond acceptors (Lipinski definition) is 3. The Morgan fingerprint density at radius 1 is 1.33 bits per heavy atom. The quantitative estimate of drug-likeness (QED) is 0.649. The van der Waals surface area contributed by atoms with Gasteiger partial charge in [-0.3, -0.25) is 0 Å². The number of aliphatic hydroxyl groups is 1. The lowest BCUT2D eigenvalue weighted by atomic mass is 10.0. The Balaban J connectivity index is 3.01. The molecule has 0 aliphatic heterocycles. The van der Waals surface area contributed by atoms with Crippen molar-refractivity contribution in [2.75, 3.05) is 0 Å². The van der Waals surface area contributed by atoms with Crippen molar-refractivity contribution in [3.05, 3.63) is 28.8 Å². The first kappa shape index (κ1) is 14.9. The number of hydrogen-bond donors (Lipinski definition) is 1. The smallest absolute Gasteiger partial charge is 0.340 e. The molecule has 1 unspecified atom stereocenters. The van der Waals surface area contributed by atoms with E-state index in [-0.39, 0.29) is 0 Å². The number of esters is 1. The Bertz CT molecular complexity index is 461. The zero-order chi connectivity index (χ0) is 14.1. The van der Waals surface area contributed by atoms with Gasteiger partial charge in [0.2, 0.25) is 0 Å². The third-order valence-electron chi connectivity index (χ3n) is 2.69. The molecule has 0 saturated heterocycles. The number of rotatable bonds is 2. The highest BCUT2D eigenvalue weighted by atomic mass is 28.1. The van der Waals surface area contributed by atoms with Crippen LogP contribution in [0, 0.1) is 13.8 Å². The second-order valence-corrected chi connectivity index (χ2v) is 5.91. The SMILES string of the molecule is Cc1ccc(C(O)C(=O)OC(C)(C)C)c([Si])c1C. The van der Waals surface area contributed by atoms with Gasteiger partial charge in [0, 0.05) is 0 Å². The van der Waals surface area contributed by atoms with E-state index in [9.17, 15) is 9.90 Å². The summed E-state index contributed by atoms with van der Waals surface area (Å²) in [6.07, 6.45) is -1.27. The molecule has 1 atom stereocenters. The highest BCUT2D eigenvalue weighted by molar-refractivity contribution is 6.34. The van der Waals surface area contributed by atoms with E-state index in [1.807, 2.05) is 19.9 Å². The van der Waals surface area contributed by atoms with Crippen molar-refractivity contribution in [2.45, 2.75) is 46.3 Å². The van der Waals surface area contributed by atoms with E-state index in [1.54, 1.807) is 26.8 Å². The largest absolute Gasteiger partial charge is 0.458 e. The van der Waals surface area contributed by atoms with Gasteiger partial charge in [0.1, 0.15) is 5.60 Å².